The molecular weight excluding hydrogens is 194 g/mol. The second-order valence-corrected chi connectivity index (χ2v) is 3.98. The van der Waals surface area contributed by atoms with E-state index < -0.39 is 0 Å². The van der Waals surface area contributed by atoms with Crippen LogP contribution in [-0.4, -0.2) is 15.0 Å². The number of rotatable bonds is 1. The van der Waals surface area contributed by atoms with Crippen molar-refractivity contribution in [3.05, 3.63) is 36.8 Å². The summed E-state index contributed by atoms with van der Waals surface area (Å²) in [7, 11) is 0. The van der Waals surface area contributed by atoms with Gasteiger partial charge in [-0.1, -0.05) is 12.1 Å². The second kappa shape index (κ2) is 2.92. The monoisotopic (exact) mass is 201 g/mol. The van der Waals surface area contributed by atoms with Crippen LogP contribution in [0.15, 0.2) is 36.8 Å². The number of aromatic amines is 1. The summed E-state index contributed by atoms with van der Waals surface area (Å²) in [5, 5.41) is 0.990. The highest BCUT2D eigenvalue weighted by molar-refractivity contribution is 7.21. The Morgan fingerprint density at radius 2 is 2.14 bits per heavy atom. The number of benzene rings is 1. The van der Waals surface area contributed by atoms with Crippen LogP contribution in [0.1, 0.15) is 0 Å². The van der Waals surface area contributed by atoms with Gasteiger partial charge in [0.2, 0.25) is 0 Å². The fourth-order valence-corrected chi connectivity index (χ4v) is 2.30. The Bertz CT molecular complexity index is 521. The SMILES string of the molecule is c1ccc2sc(-c3cnc[nH]3)nc2c1. The molecule has 1 N–H and O–H groups in total. The van der Waals surface area contributed by atoms with Gasteiger partial charge >= 0.3 is 0 Å². The number of nitrogens with one attached hydrogen (secondary N) is 1. The number of hydrogen-bond acceptors (Lipinski definition) is 3. The average molecular weight is 201 g/mol. The van der Waals surface area contributed by atoms with Gasteiger partial charge in [0.25, 0.3) is 0 Å². The molecule has 0 fully saturated rings. The number of nitrogens with zero attached hydrogens (tertiary/aromatic N) is 2. The van der Waals surface area contributed by atoms with Crippen molar-refractivity contribution in [2.45, 2.75) is 0 Å². The molecule has 1 aromatic carbocycles. The molecule has 68 valence electrons. The van der Waals surface area contributed by atoms with Gasteiger partial charge in [-0.3, -0.25) is 0 Å². The maximum atomic E-state index is 4.50. The summed E-state index contributed by atoms with van der Waals surface area (Å²) in [6.45, 7) is 0. The Hall–Kier alpha value is -1.68. The van der Waals surface area contributed by atoms with Crippen LogP contribution in [0.4, 0.5) is 0 Å². The lowest BCUT2D eigenvalue weighted by atomic mass is 10.3. The first-order chi connectivity index (χ1) is 6.93. The van der Waals surface area contributed by atoms with E-state index in [0.717, 1.165) is 16.2 Å². The van der Waals surface area contributed by atoms with Crippen molar-refractivity contribution >= 4 is 21.6 Å². The highest BCUT2D eigenvalue weighted by Crippen LogP contribution is 2.28. The van der Waals surface area contributed by atoms with Gasteiger partial charge in [-0.25, -0.2) is 9.97 Å². The number of imidazole rings is 1. The zero-order valence-corrected chi connectivity index (χ0v) is 8.08. The summed E-state index contributed by atoms with van der Waals surface area (Å²) in [5.41, 5.74) is 2.02. The highest BCUT2D eigenvalue weighted by Gasteiger charge is 2.05. The predicted molar refractivity (Wildman–Crippen MR) is 57.2 cm³/mol. The number of aromatic nitrogens is 3. The minimum absolute atomic E-state index is 0.978. The number of hydrogen-bond donors (Lipinski definition) is 1. The minimum Gasteiger partial charge on any atom is -0.343 e. The fourth-order valence-electron chi connectivity index (χ4n) is 1.36. The van der Waals surface area contributed by atoms with Gasteiger partial charge in [-0.2, -0.15) is 0 Å². The van der Waals surface area contributed by atoms with E-state index in [4.69, 9.17) is 0 Å². The van der Waals surface area contributed by atoms with Crippen molar-refractivity contribution in [3.8, 4) is 10.7 Å². The summed E-state index contributed by atoms with van der Waals surface area (Å²) in [5.74, 6) is 0. The molecule has 0 saturated carbocycles. The zero-order valence-electron chi connectivity index (χ0n) is 7.27. The van der Waals surface area contributed by atoms with Crippen LogP contribution in [0.25, 0.3) is 20.9 Å². The van der Waals surface area contributed by atoms with Crippen LogP contribution in [0.5, 0.6) is 0 Å². The molecule has 0 unspecified atom stereocenters. The largest absolute Gasteiger partial charge is 0.343 e. The number of thiazole rings is 1. The maximum Gasteiger partial charge on any atom is 0.142 e. The van der Waals surface area contributed by atoms with Crippen molar-refractivity contribution < 1.29 is 0 Å². The Labute approximate surface area is 84.5 Å². The lowest BCUT2D eigenvalue weighted by molar-refractivity contribution is 1.31. The third kappa shape index (κ3) is 1.12. The quantitative estimate of drug-likeness (QED) is 0.657. The van der Waals surface area contributed by atoms with Gasteiger partial charge in [0.1, 0.15) is 5.01 Å². The molecule has 3 nitrogen and oxygen atoms in total. The number of H-pyrrole nitrogens is 1. The molecule has 3 aromatic rings. The summed E-state index contributed by atoms with van der Waals surface area (Å²) in [6.07, 6.45) is 3.46. The minimum atomic E-state index is 0.978. The van der Waals surface area contributed by atoms with Gasteiger partial charge in [0.15, 0.2) is 0 Å². The highest BCUT2D eigenvalue weighted by atomic mass is 32.1. The standard InChI is InChI=1S/C10H7N3S/c1-2-4-9-7(3-1)13-10(14-9)8-5-11-6-12-8/h1-6H,(H,11,12). The molecule has 3 rings (SSSR count). The molecule has 14 heavy (non-hydrogen) atoms. The summed E-state index contributed by atoms with van der Waals surface area (Å²) >= 11 is 1.67. The van der Waals surface area contributed by atoms with E-state index in [9.17, 15) is 0 Å². The van der Waals surface area contributed by atoms with Crippen molar-refractivity contribution in [2.24, 2.45) is 0 Å². The van der Waals surface area contributed by atoms with E-state index >= 15 is 0 Å². The van der Waals surface area contributed by atoms with E-state index in [2.05, 4.69) is 21.0 Å². The number of para-hydroxylation sites is 1. The predicted octanol–water partition coefficient (Wildman–Crippen LogP) is 2.69. The topological polar surface area (TPSA) is 41.6 Å². The van der Waals surface area contributed by atoms with E-state index in [-0.39, 0.29) is 0 Å². The van der Waals surface area contributed by atoms with Crippen LogP contribution in [0.2, 0.25) is 0 Å². The zero-order chi connectivity index (χ0) is 9.38. The third-order valence-corrected chi connectivity index (χ3v) is 3.09. The van der Waals surface area contributed by atoms with Crippen molar-refractivity contribution in [2.75, 3.05) is 0 Å². The Morgan fingerprint density at radius 1 is 1.21 bits per heavy atom. The van der Waals surface area contributed by atoms with Crippen molar-refractivity contribution in [1.82, 2.24) is 15.0 Å². The van der Waals surface area contributed by atoms with Crippen LogP contribution in [-0.2, 0) is 0 Å². The van der Waals surface area contributed by atoms with E-state index in [0.29, 0.717) is 0 Å². The maximum absolute atomic E-state index is 4.50. The molecule has 0 saturated heterocycles. The van der Waals surface area contributed by atoms with E-state index in [1.807, 2.05) is 18.2 Å². The van der Waals surface area contributed by atoms with Gasteiger partial charge in [-0.05, 0) is 12.1 Å². The van der Waals surface area contributed by atoms with Gasteiger partial charge in [-0.15, -0.1) is 11.3 Å². The van der Waals surface area contributed by atoms with E-state index in [1.54, 1.807) is 23.9 Å². The Balaban J connectivity index is 2.24. The van der Waals surface area contributed by atoms with Gasteiger partial charge < -0.3 is 4.98 Å². The smallest absolute Gasteiger partial charge is 0.142 e. The third-order valence-electron chi connectivity index (χ3n) is 2.02. The molecule has 4 heteroatoms. The van der Waals surface area contributed by atoms with Gasteiger partial charge in [0.05, 0.1) is 28.4 Å². The second-order valence-electron chi connectivity index (χ2n) is 2.95. The molecule has 0 atom stereocenters. The summed E-state index contributed by atoms with van der Waals surface area (Å²) in [4.78, 5) is 11.5. The Morgan fingerprint density at radius 3 is 2.93 bits per heavy atom. The van der Waals surface area contributed by atoms with Crippen LogP contribution >= 0.6 is 11.3 Å². The molecule has 0 aliphatic carbocycles. The Kier molecular flexibility index (Phi) is 1.61. The van der Waals surface area contributed by atoms with Crippen LogP contribution in [0.3, 0.4) is 0 Å². The summed E-state index contributed by atoms with van der Waals surface area (Å²) in [6, 6.07) is 8.12. The fraction of sp³-hybridized carbons (Fsp3) is 0. The molecule has 2 heterocycles. The van der Waals surface area contributed by atoms with E-state index in [1.165, 1.54) is 4.70 Å². The average Bonchev–Trinajstić information content (AvgIpc) is 2.86. The molecular formula is C10H7N3S. The van der Waals surface area contributed by atoms with Gasteiger partial charge in [0, 0.05) is 0 Å². The normalized spacial score (nSPS) is 10.9. The van der Waals surface area contributed by atoms with Crippen molar-refractivity contribution in [1.29, 1.82) is 0 Å². The molecule has 0 spiro atoms. The molecule has 0 amide bonds. The first kappa shape index (κ1) is 7.70. The first-order valence-corrected chi connectivity index (χ1v) is 5.09. The van der Waals surface area contributed by atoms with Crippen molar-refractivity contribution in [3.63, 3.8) is 0 Å². The lowest BCUT2D eigenvalue weighted by Crippen LogP contribution is -1.72. The van der Waals surface area contributed by atoms with Crippen LogP contribution < -0.4 is 0 Å². The van der Waals surface area contributed by atoms with Crippen LogP contribution in [0, 0.1) is 0 Å². The summed E-state index contributed by atoms with van der Waals surface area (Å²) < 4.78 is 1.21. The first-order valence-electron chi connectivity index (χ1n) is 4.28. The number of fused-ring (bicyclic) bond motifs is 1. The molecule has 2 aromatic heterocycles. The molecule has 0 aliphatic heterocycles. The molecule has 0 aliphatic rings. The molecule has 0 radical (unpaired) electrons. The molecule has 0 bridgehead atoms. The lowest BCUT2D eigenvalue weighted by Gasteiger charge is -1.84.